The molecule has 45 heavy (non-hydrogen) atoms. The van der Waals surface area contributed by atoms with E-state index in [2.05, 4.69) is 60.5 Å². The van der Waals surface area contributed by atoms with Crippen molar-refractivity contribution in [2.24, 2.45) is 5.92 Å². The fourth-order valence-corrected chi connectivity index (χ4v) is 7.17. The van der Waals surface area contributed by atoms with E-state index in [0.717, 1.165) is 31.4 Å². The van der Waals surface area contributed by atoms with Crippen LogP contribution in [0.2, 0.25) is 0 Å². The molecule has 1 unspecified atom stereocenters. The predicted octanol–water partition coefficient (Wildman–Crippen LogP) is 4.79. The van der Waals surface area contributed by atoms with Gasteiger partial charge in [-0.1, -0.05) is 32.9 Å². The van der Waals surface area contributed by atoms with Gasteiger partial charge in [0, 0.05) is 37.2 Å². The highest BCUT2D eigenvalue weighted by molar-refractivity contribution is 5.82. The molecular formula is C34H49N7O4. The van der Waals surface area contributed by atoms with Crippen LogP contribution in [0.1, 0.15) is 91.5 Å². The molecule has 1 aliphatic carbocycles. The summed E-state index contributed by atoms with van der Waals surface area (Å²) in [4.78, 5) is 28.4. The lowest BCUT2D eigenvalue weighted by atomic mass is 9.75. The molecule has 3 aromatic rings. The molecule has 4 N–H and O–H groups in total. The minimum absolute atomic E-state index is 0.0302. The zero-order valence-electron chi connectivity index (χ0n) is 27.7. The summed E-state index contributed by atoms with van der Waals surface area (Å²) in [5.74, 6) is 0.403. The van der Waals surface area contributed by atoms with Crippen LogP contribution in [0.15, 0.2) is 30.9 Å². The van der Waals surface area contributed by atoms with Crippen LogP contribution in [0, 0.1) is 5.92 Å². The number of Topliss-reactive ketones (excluding diaryl/α,β-unsaturated/α-hetero) is 1. The maximum Gasteiger partial charge on any atom is 0.167 e. The van der Waals surface area contributed by atoms with E-state index in [4.69, 9.17) is 25.7 Å². The number of ketones is 1. The molecule has 4 heterocycles. The molecular weight excluding hydrogens is 570 g/mol. The zero-order chi connectivity index (χ0) is 32.3. The number of fused-ring (bicyclic) bond motifs is 2. The highest BCUT2D eigenvalue weighted by Gasteiger charge is 2.57. The number of benzene rings is 1. The second kappa shape index (κ2) is 11.9. The van der Waals surface area contributed by atoms with Crippen molar-refractivity contribution in [1.82, 2.24) is 24.4 Å². The van der Waals surface area contributed by atoms with Gasteiger partial charge in [0.15, 0.2) is 23.5 Å². The lowest BCUT2D eigenvalue weighted by Crippen LogP contribution is -2.52. The number of carbonyl (C=O) groups is 1. The highest BCUT2D eigenvalue weighted by atomic mass is 16.8. The van der Waals surface area contributed by atoms with Gasteiger partial charge >= 0.3 is 0 Å². The third kappa shape index (κ3) is 6.45. The van der Waals surface area contributed by atoms with Gasteiger partial charge in [-0.3, -0.25) is 14.3 Å². The van der Waals surface area contributed by atoms with Crippen LogP contribution in [0.3, 0.4) is 0 Å². The van der Waals surface area contributed by atoms with Crippen LogP contribution in [-0.2, 0) is 30.8 Å². The number of carbonyl (C=O) groups excluding carboxylic acids is 1. The van der Waals surface area contributed by atoms with E-state index in [1.165, 1.54) is 11.9 Å². The van der Waals surface area contributed by atoms with Gasteiger partial charge in [-0.25, -0.2) is 15.0 Å². The molecule has 2 aromatic heterocycles. The number of imidazole rings is 1. The fourth-order valence-electron chi connectivity index (χ4n) is 7.17. The van der Waals surface area contributed by atoms with Crippen LogP contribution >= 0.6 is 0 Å². The Bertz CT molecular complexity index is 1540. The molecule has 1 saturated carbocycles. The van der Waals surface area contributed by atoms with Crippen molar-refractivity contribution in [3.63, 3.8) is 0 Å². The molecule has 2 saturated heterocycles. The molecule has 2 aliphatic heterocycles. The lowest BCUT2D eigenvalue weighted by molar-refractivity contribution is -0.199. The van der Waals surface area contributed by atoms with Crippen LogP contribution in [0.25, 0.3) is 11.2 Å². The molecule has 3 fully saturated rings. The molecule has 0 spiro atoms. The van der Waals surface area contributed by atoms with E-state index in [9.17, 15) is 4.79 Å². The van der Waals surface area contributed by atoms with Gasteiger partial charge in [-0.05, 0) is 75.5 Å². The Balaban J connectivity index is 1.06. The SMILES string of the molecule is CC(C)N(C[C@H]1OC(n2cnc3c(N)ncnc32)[C@@H]2OC(C)(C)O[C@H]12)[C@H]1C[C@@H](CCC(=O)Cc2ccc(C(C)(C)C)cc2N)C1. The average Bonchev–Trinajstić information content (AvgIpc) is 3.59. The number of anilines is 2. The van der Waals surface area contributed by atoms with Crippen molar-refractivity contribution in [2.75, 3.05) is 18.0 Å². The Labute approximate surface area is 266 Å². The van der Waals surface area contributed by atoms with E-state index in [1.54, 1.807) is 6.33 Å². The number of nitrogens with two attached hydrogens (primary N) is 2. The molecule has 3 aliphatic rings. The quantitative estimate of drug-likeness (QED) is 0.304. The van der Waals surface area contributed by atoms with Crippen molar-refractivity contribution in [3.05, 3.63) is 42.0 Å². The maximum absolute atomic E-state index is 12.9. The van der Waals surface area contributed by atoms with E-state index in [1.807, 2.05) is 30.5 Å². The number of ether oxygens (including phenoxy) is 3. The van der Waals surface area contributed by atoms with Crippen molar-refractivity contribution >= 4 is 28.5 Å². The van der Waals surface area contributed by atoms with Gasteiger partial charge in [-0.2, -0.15) is 0 Å². The second-order valence-corrected chi connectivity index (χ2v) is 14.9. The van der Waals surface area contributed by atoms with Crippen molar-refractivity contribution < 1.29 is 19.0 Å². The van der Waals surface area contributed by atoms with Gasteiger partial charge in [0.25, 0.3) is 0 Å². The molecule has 4 atom stereocenters. The van der Waals surface area contributed by atoms with Crippen LogP contribution < -0.4 is 11.5 Å². The second-order valence-electron chi connectivity index (χ2n) is 14.9. The summed E-state index contributed by atoms with van der Waals surface area (Å²) < 4.78 is 21.4. The number of hydrogen-bond donors (Lipinski definition) is 2. The molecule has 0 amide bonds. The van der Waals surface area contributed by atoms with Crippen LogP contribution in [0.4, 0.5) is 11.5 Å². The van der Waals surface area contributed by atoms with Gasteiger partial charge in [0.2, 0.25) is 0 Å². The van der Waals surface area contributed by atoms with Gasteiger partial charge in [0.1, 0.15) is 35.9 Å². The third-order valence-corrected chi connectivity index (χ3v) is 9.75. The molecule has 1 aromatic carbocycles. The van der Waals surface area contributed by atoms with Crippen molar-refractivity contribution in [3.8, 4) is 0 Å². The predicted molar refractivity (Wildman–Crippen MR) is 173 cm³/mol. The molecule has 11 nitrogen and oxygen atoms in total. The zero-order valence-corrected chi connectivity index (χ0v) is 27.7. The molecule has 11 heteroatoms. The van der Waals surface area contributed by atoms with Crippen LogP contribution in [0.5, 0.6) is 0 Å². The lowest BCUT2D eigenvalue weighted by Gasteiger charge is -2.46. The summed E-state index contributed by atoms with van der Waals surface area (Å²) in [5, 5.41) is 0. The largest absolute Gasteiger partial charge is 0.398 e. The Hall–Kier alpha value is -3.12. The minimum atomic E-state index is -0.726. The van der Waals surface area contributed by atoms with Gasteiger partial charge < -0.3 is 25.7 Å². The maximum atomic E-state index is 12.9. The first-order valence-corrected chi connectivity index (χ1v) is 16.3. The van der Waals surface area contributed by atoms with E-state index in [0.29, 0.717) is 53.5 Å². The highest BCUT2D eigenvalue weighted by Crippen LogP contribution is 2.45. The monoisotopic (exact) mass is 619 g/mol. The summed E-state index contributed by atoms with van der Waals surface area (Å²) in [7, 11) is 0. The van der Waals surface area contributed by atoms with Crippen molar-refractivity contribution in [2.45, 2.75) is 128 Å². The number of nitrogens with zero attached hydrogens (tertiary/aromatic N) is 5. The van der Waals surface area contributed by atoms with E-state index < -0.39 is 12.0 Å². The Morgan fingerprint density at radius 2 is 1.84 bits per heavy atom. The summed E-state index contributed by atoms with van der Waals surface area (Å²) in [6, 6.07) is 6.90. The number of rotatable bonds is 10. The van der Waals surface area contributed by atoms with E-state index >= 15 is 0 Å². The molecule has 244 valence electrons. The molecule has 0 radical (unpaired) electrons. The summed E-state index contributed by atoms with van der Waals surface area (Å²) >= 11 is 0. The number of aromatic nitrogens is 4. The Kier molecular flexibility index (Phi) is 8.43. The summed E-state index contributed by atoms with van der Waals surface area (Å²) in [6.07, 6.45) is 5.99. The van der Waals surface area contributed by atoms with Gasteiger partial charge in [0.05, 0.1) is 6.33 Å². The fraction of sp³-hybridized carbons (Fsp3) is 0.647. The standard InChI is InChI=1S/C34H49N7O4/c1-19(2)40(23-12-20(13-23)8-11-24(42)14-21-9-10-22(15-25(21)35)33(3,4)5)16-26-28-29(45-34(6,7)44-28)32(43-26)41-18-39-27-30(36)37-17-38-31(27)41/h9-10,15,17-20,23,26,28-29,32H,8,11-14,16,35H2,1-7H3,(H2,36,37,38)/t20-,23+,26-,28-,29-,32?/m1/s1. The molecule has 6 rings (SSSR count). The van der Waals surface area contributed by atoms with E-state index in [-0.39, 0.29) is 29.5 Å². The minimum Gasteiger partial charge on any atom is -0.398 e. The number of hydrogen-bond acceptors (Lipinski definition) is 10. The Morgan fingerprint density at radius 3 is 2.53 bits per heavy atom. The summed E-state index contributed by atoms with van der Waals surface area (Å²) in [5.41, 5.74) is 16.4. The summed E-state index contributed by atoms with van der Waals surface area (Å²) in [6.45, 7) is 15.6. The first-order chi connectivity index (χ1) is 21.2. The topological polar surface area (TPSA) is 144 Å². The normalized spacial score (nSPS) is 27.8. The first-order valence-electron chi connectivity index (χ1n) is 16.3. The average molecular weight is 620 g/mol. The third-order valence-electron chi connectivity index (χ3n) is 9.75. The van der Waals surface area contributed by atoms with Crippen LogP contribution in [-0.4, -0.2) is 72.9 Å². The van der Waals surface area contributed by atoms with Gasteiger partial charge in [-0.15, -0.1) is 0 Å². The Morgan fingerprint density at radius 1 is 1.11 bits per heavy atom. The smallest absolute Gasteiger partial charge is 0.167 e. The number of nitrogen functional groups attached to an aromatic ring is 2. The van der Waals surface area contributed by atoms with Crippen molar-refractivity contribution in [1.29, 1.82) is 0 Å². The molecule has 0 bridgehead atoms. The first kappa shape index (κ1) is 31.8.